The van der Waals surface area contributed by atoms with Crippen molar-refractivity contribution < 1.29 is 9.90 Å². The number of aryl methyl sites for hydroxylation is 1. The van der Waals surface area contributed by atoms with Crippen LogP contribution in [0.5, 0.6) is 0 Å². The van der Waals surface area contributed by atoms with Crippen molar-refractivity contribution in [3.8, 4) is 11.3 Å². The number of hydrogen-bond donors (Lipinski definition) is 1. The van der Waals surface area contributed by atoms with E-state index in [4.69, 9.17) is 0 Å². The van der Waals surface area contributed by atoms with Crippen LogP contribution in [0.4, 0.5) is 0 Å². The monoisotopic (exact) mass is 270 g/mol. The molecule has 1 aliphatic heterocycles. The second-order valence-electron chi connectivity index (χ2n) is 5.45. The van der Waals surface area contributed by atoms with Gasteiger partial charge in [0.25, 0.3) is 0 Å². The molecule has 0 bridgehead atoms. The molecule has 1 aromatic heterocycles. The first kappa shape index (κ1) is 12.9. The zero-order chi connectivity index (χ0) is 14.3. The van der Waals surface area contributed by atoms with E-state index in [2.05, 4.69) is 28.6 Å². The first-order valence-electron chi connectivity index (χ1n) is 6.95. The number of hydrogen-bond acceptors (Lipinski definition) is 2. The number of benzene rings is 1. The van der Waals surface area contributed by atoms with Crippen molar-refractivity contribution in [1.29, 1.82) is 0 Å². The Morgan fingerprint density at radius 1 is 1.30 bits per heavy atom. The molecule has 2 heterocycles. The number of imidazole rings is 1. The predicted octanol–water partition coefficient (Wildman–Crippen LogP) is 3.13. The van der Waals surface area contributed by atoms with Crippen molar-refractivity contribution in [2.24, 2.45) is 0 Å². The zero-order valence-electron chi connectivity index (χ0n) is 11.8. The Morgan fingerprint density at radius 3 is 2.65 bits per heavy atom. The van der Waals surface area contributed by atoms with Gasteiger partial charge >= 0.3 is 5.97 Å². The summed E-state index contributed by atoms with van der Waals surface area (Å²) in [4.78, 5) is 16.0. The van der Waals surface area contributed by atoms with E-state index in [1.54, 1.807) is 0 Å². The highest BCUT2D eigenvalue weighted by atomic mass is 16.4. The summed E-state index contributed by atoms with van der Waals surface area (Å²) in [7, 11) is 0. The van der Waals surface area contributed by atoms with Crippen LogP contribution in [0, 0.1) is 13.8 Å². The maximum atomic E-state index is 11.4. The van der Waals surface area contributed by atoms with E-state index < -0.39 is 11.9 Å². The van der Waals surface area contributed by atoms with Crippen molar-refractivity contribution in [2.45, 2.75) is 39.2 Å². The normalized spacial score (nSPS) is 17.8. The van der Waals surface area contributed by atoms with Gasteiger partial charge in [0.15, 0.2) is 0 Å². The lowest BCUT2D eigenvalue weighted by atomic mass is 9.99. The Balaban J connectivity index is 2.10. The molecule has 4 nitrogen and oxygen atoms in total. The second-order valence-corrected chi connectivity index (χ2v) is 5.45. The topological polar surface area (TPSA) is 55.1 Å². The number of carboxylic acid groups (broad SMARTS) is 1. The SMILES string of the molecule is Cc1ccc(-c2nc3n(c2C)CCCC3C(=O)O)cc1. The number of fused-ring (bicyclic) bond motifs is 1. The van der Waals surface area contributed by atoms with E-state index in [0.29, 0.717) is 12.2 Å². The van der Waals surface area contributed by atoms with Crippen LogP contribution in [-0.2, 0) is 11.3 Å². The standard InChI is InChI=1S/C16H18N2O2/c1-10-5-7-12(8-6-10)14-11(2)18-9-3-4-13(16(19)20)15(18)17-14/h5-8,13H,3-4,9H2,1-2H3,(H,19,20). The minimum atomic E-state index is -0.772. The zero-order valence-corrected chi connectivity index (χ0v) is 11.8. The number of nitrogens with zero attached hydrogens (tertiary/aromatic N) is 2. The van der Waals surface area contributed by atoms with Gasteiger partial charge in [-0.3, -0.25) is 4.79 Å². The predicted molar refractivity (Wildman–Crippen MR) is 76.7 cm³/mol. The molecular formula is C16H18N2O2. The van der Waals surface area contributed by atoms with Gasteiger partial charge in [-0.25, -0.2) is 4.98 Å². The number of carboxylic acids is 1. The van der Waals surface area contributed by atoms with Crippen molar-refractivity contribution in [3.05, 3.63) is 41.3 Å². The molecule has 2 aromatic rings. The second kappa shape index (κ2) is 4.78. The van der Waals surface area contributed by atoms with Crippen LogP contribution < -0.4 is 0 Å². The Labute approximate surface area is 118 Å². The summed E-state index contributed by atoms with van der Waals surface area (Å²) in [5, 5.41) is 9.34. The average molecular weight is 270 g/mol. The fourth-order valence-corrected chi connectivity index (χ4v) is 2.91. The van der Waals surface area contributed by atoms with Gasteiger partial charge in [0.05, 0.1) is 5.69 Å². The van der Waals surface area contributed by atoms with E-state index in [0.717, 1.165) is 29.9 Å². The van der Waals surface area contributed by atoms with Gasteiger partial charge in [0, 0.05) is 17.8 Å². The van der Waals surface area contributed by atoms with E-state index in [9.17, 15) is 9.90 Å². The van der Waals surface area contributed by atoms with E-state index in [-0.39, 0.29) is 0 Å². The molecule has 1 unspecified atom stereocenters. The van der Waals surface area contributed by atoms with Crippen LogP contribution in [0.25, 0.3) is 11.3 Å². The number of aliphatic carboxylic acids is 1. The van der Waals surface area contributed by atoms with Gasteiger partial charge < -0.3 is 9.67 Å². The first-order valence-corrected chi connectivity index (χ1v) is 6.95. The van der Waals surface area contributed by atoms with Crippen LogP contribution >= 0.6 is 0 Å². The van der Waals surface area contributed by atoms with Gasteiger partial charge in [-0.15, -0.1) is 0 Å². The third kappa shape index (κ3) is 2.01. The lowest BCUT2D eigenvalue weighted by molar-refractivity contribution is -0.139. The van der Waals surface area contributed by atoms with E-state index in [1.807, 2.05) is 19.1 Å². The largest absolute Gasteiger partial charge is 0.481 e. The van der Waals surface area contributed by atoms with Gasteiger partial charge in [-0.1, -0.05) is 29.8 Å². The summed E-state index contributed by atoms with van der Waals surface area (Å²) in [6, 6.07) is 8.21. The van der Waals surface area contributed by atoms with E-state index >= 15 is 0 Å². The molecule has 0 saturated carbocycles. The van der Waals surface area contributed by atoms with Crippen LogP contribution in [0.1, 0.15) is 35.8 Å². The molecule has 20 heavy (non-hydrogen) atoms. The van der Waals surface area contributed by atoms with Gasteiger partial charge in [0.2, 0.25) is 0 Å². The smallest absolute Gasteiger partial charge is 0.314 e. The van der Waals surface area contributed by atoms with Gasteiger partial charge in [-0.2, -0.15) is 0 Å². The highest BCUT2D eigenvalue weighted by molar-refractivity contribution is 5.76. The lowest BCUT2D eigenvalue weighted by Crippen LogP contribution is -2.22. The molecule has 1 atom stereocenters. The molecule has 0 fully saturated rings. The average Bonchev–Trinajstić information content (AvgIpc) is 2.77. The molecule has 0 spiro atoms. The maximum Gasteiger partial charge on any atom is 0.314 e. The van der Waals surface area contributed by atoms with E-state index in [1.165, 1.54) is 5.56 Å². The van der Waals surface area contributed by atoms with Crippen LogP contribution in [0.15, 0.2) is 24.3 Å². The summed E-state index contributed by atoms with van der Waals surface area (Å²) in [6.07, 6.45) is 1.58. The lowest BCUT2D eigenvalue weighted by Gasteiger charge is -2.20. The summed E-state index contributed by atoms with van der Waals surface area (Å²) in [5.41, 5.74) is 4.24. The summed E-state index contributed by atoms with van der Waals surface area (Å²) >= 11 is 0. The molecule has 0 saturated heterocycles. The molecule has 0 amide bonds. The summed E-state index contributed by atoms with van der Waals surface area (Å²) in [6.45, 7) is 4.94. The molecule has 1 N–H and O–H groups in total. The molecule has 0 radical (unpaired) electrons. The molecule has 4 heteroatoms. The number of aromatic nitrogens is 2. The summed E-state index contributed by atoms with van der Waals surface area (Å²) in [5.74, 6) is -0.537. The molecule has 104 valence electrons. The van der Waals surface area contributed by atoms with Crippen LogP contribution in [0.3, 0.4) is 0 Å². The molecule has 0 aliphatic carbocycles. The number of carbonyl (C=O) groups is 1. The van der Waals surface area contributed by atoms with Gasteiger partial charge in [-0.05, 0) is 26.7 Å². The van der Waals surface area contributed by atoms with Crippen molar-refractivity contribution in [2.75, 3.05) is 0 Å². The Bertz CT molecular complexity index is 656. The Hall–Kier alpha value is -2.10. The highest BCUT2D eigenvalue weighted by Gasteiger charge is 2.30. The molecule has 3 rings (SSSR count). The first-order chi connectivity index (χ1) is 9.58. The minimum Gasteiger partial charge on any atom is -0.481 e. The third-order valence-electron chi connectivity index (χ3n) is 4.06. The van der Waals surface area contributed by atoms with Crippen molar-refractivity contribution in [1.82, 2.24) is 9.55 Å². The fourth-order valence-electron chi connectivity index (χ4n) is 2.91. The maximum absolute atomic E-state index is 11.4. The number of rotatable bonds is 2. The van der Waals surface area contributed by atoms with Crippen molar-refractivity contribution >= 4 is 5.97 Å². The molecule has 1 aromatic carbocycles. The Kier molecular flexibility index (Phi) is 3.08. The highest BCUT2D eigenvalue weighted by Crippen LogP contribution is 2.33. The molecule has 1 aliphatic rings. The fraction of sp³-hybridized carbons (Fsp3) is 0.375. The third-order valence-corrected chi connectivity index (χ3v) is 4.06. The summed E-state index contributed by atoms with van der Waals surface area (Å²) < 4.78 is 2.07. The van der Waals surface area contributed by atoms with Crippen molar-refractivity contribution in [3.63, 3.8) is 0 Å². The van der Waals surface area contributed by atoms with Crippen LogP contribution in [-0.4, -0.2) is 20.6 Å². The van der Waals surface area contributed by atoms with Gasteiger partial charge in [0.1, 0.15) is 11.7 Å². The quantitative estimate of drug-likeness (QED) is 0.912. The molecular weight excluding hydrogens is 252 g/mol. The Morgan fingerprint density at radius 2 is 2.00 bits per heavy atom. The van der Waals surface area contributed by atoms with Crippen LogP contribution in [0.2, 0.25) is 0 Å². The minimum absolute atomic E-state index is 0.471.